The van der Waals surface area contributed by atoms with E-state index in [1.54, 1.807) is 12.3 Å². The Hall–Kier alpha value is -3.56. The van der Waals surface area contributed by atoms with Crippen LogP contribution in [0, 0.1) is 11.6 Å². The van der Waals surface area contributed by atoms with E-state index in [1.165, 1.54) is 23.2 Å². The van der Waals surface area contributed by atoms with Crippen molar-refractivity contribution in [3.63, 3.8) is 0 Å². The van der Waals surface area contributed by atoms with Gasteiger partial charge in [0.1, 0.15) is 17.4 Å². The molecule has 2 aromatic carbocycles. The Morgan fingerprint density at radius 3 is 2.80 bits per heavy atom. The average Bonchev–Trinajstić information content (AvgIpc) is 3.34. The molecular formula is C20H16F4N4O2. The number of anilines is 1. The van der Waals surface area contributed by atoms with Crippen molar-refractivity contribution in [1.82, 2.24) is 15.5 Å². The van der Waals surface area contributed by atoms with Crippen molar-refractivity contribution in [2.24, 2.45) is 0 Å². The highest BCUT2D eigenvalue weighted by atomic mass is 19.3. The van der Waals surface area contributed by atoms with Gasteiger partial charge in [-0.2, -0.15) is 13.9 Å². The number of nitrogens with zero attached hydrogens (tertiary/aromatic N) is 2. The zero-order chi connectivity index (χ0) is 21.3. The van der Waals surface area contributed by atoms with Crippen LogP contribution in [-0.4, -0.2) is 29.4 Å². The third kappa shape index (κ3) is 4.07. The van der Waals surface area contributed by atoms with Crippen LogP contribution < -0.4 is 15.0 Å². The summed E-state index contributed by atoms with van der Waals surface area (Å²) >= 11 is 0. The van der Waals surface area contributed by atoms with E-state index >= 15 is 0 Å². The van der Waals surface area contributed by atoms with E-state index in [2.05, 4.69) is 20.3 Å². The highest BCUT2D eigenvalue weighted by Gasteiger charge is 2.26. The molecule has 3 aromatic rings. The lowest BCUT2D eigenvalue weighted by Gasteiger charge is -2.19. The Morgan fingerprint density at radius 2 is 2.07 bits per heavy atom. The predicted octanol–water partition coefficient (Wildman–Crippen LogP) is 4.23. The quantitative estimate of drug-likeness (QED) is 0.607. The first-order valence-corrected chi connectivity index (χ1v) is 9.02. The summed E-state index contributed by atoms with van der Waals surface area (Å²) in [5, 5.41) is 9.04. The fraction of sp³-hybridized carbons (Fsp3) is 0.200. The van der Waals surface area contributed by atoms with Gasteiger partial charge in [-0.1, -0.05) is 0 Å². The van der Waals surface area contributed by atoms with E-state index in [-0.39, 0.29) is 17.9 Å². The summed E-state index contributed by atoms with van der Waals surface area (Å²) < 4.78 is 57.0. The van der Waals surface area contributed by atoms with Gasteiger partial charge in [0.25, 0.3) is 0 Å². The highest BCUT2D eigenvalue weighted by molar-refractivity contribution is 5.94. The molecule has 156 valence electrons. The lowest BCUT2D eigenvalue weighted by atomic mass is 10.0. The molecule has 2 N–H and O–H groups in total. The Morgan fingerprint density at radius 1 is 1.23 bits per heavy atom. The number of hydrogen-bond acceptors (Lipinski definition) is 3. The van der Waals surface area contributed by atoms with Crippen molar-refractivity contribution in [2.45, 2.75) is 19.6 Å². The number of alkyl halides is 2. The first kappa shape index (κ1) is 19.7. The van der Waals surface area contributed by atoms with Crippen molar-refractivity contribution in [2.75, 3.05) is 11.4 Å². The van der Waals surface area contributed by atoms with Gasteiger partial charge in [0, 0.05) is 36.5 Å². The number of H-pyrrole nitrogens is 1. The topological polar surface area (TPSA) is 70.2 Å². The van der Waals surface area contributed by atoms with Crippen LogP contribution in [0.2, 0.25) is 0 Å². The van der Waals surface area contributed by atoms with Crippen molar-refractivity contribution in [3.05, 3.63) is 65.5 Å². The predicted molar refractivity (Wildman–Crippen MR) is 100 cm³/mol. The summed E-state index contributed by atoms with van der Waals surface area (Å²) in [6.45, 7) is -2.85. The molecule has 2 heterocycles. The van der Waals surface area contributed by atoms with Gasteiger partial charge in [0.15, 0.2) is 0 Å². The van der Waals surface area contributed by atoms with E-state index in [9.17, 15) is 22.4 Å². The zero-order valence-electron chi connectivity index (χ0n) is 15.5. The summed E-state index contributed by atoms with van der Waals surface area (Å²) in [7, 11) is 0. The standard InChI is InChI=1S/C20H16F4N4O2/c21-14-3-11(4-15(6-14)30-19(23)24)8-25-20(29)28-2-1-12-5-16(13-9-26-27-10-13)17(22)7-18(12)28/h3-7,9-10,19H,1-2,8H2,(H,25,29)(H,26,27). The third-order valence-electron chi connectivity index (χ3n) is 4.72. The highest BCUT2D eigenvalue weighted by Crippen LogP contribution is 2.34. The molecule has 1 aliphatic rings. The molecule has 0 aliphatic carbocycles. The van der Waals surface area contributed by atoms with Crippen LogP contribution in [0.5, 0.6) is 5.75 Å². The maximum atomic E-state index is 14.6. The van der Waals surface area contributed by atoms with Gasteiger partial charge >= 0.3 is 12.6 Å². The van der Waals surface area contributed by atoms with Gasteiger partial charge in [0.2, 0.25) is 0 Å². The number of aromatic amines is 1. The van der Waals surface area contributed by atoms with Crippen LogP contribution in [0.25, 0.3) is 11.1 Å². The van der Waals surface area contributed by atoms with Gasteiger partial charge < -0.3 is 10.1 Å². The van der Waals surface area contributed by atoms with Crippen LogP contribution in [-0.2, 0) is 13.0 Å². The number of halogens is 4. The molecule has 1 aliphatic heterocycles. The molecule has 0 spiro atoms. The summed E-state index contributed by atoms with van der Waals surface area (Å²) in [5.74, 6) is -1.60. The number of carbonyl (C=O) groups excluding carboxylic acids is 1. The zero-order valence-corrected chi connectivity index (χ0v) is 15.5. The molecule has 2 amide bonds. The Labute approximate surface area is 168 Å². The lowest BCUT2D eigenvalue weighted by molar-refractivity contribution is -0.0500. The van der Waals surface area contributed by atoms with E-state index < -0.39 is 24.3 Å². The molecule has 0 fully saturated rings. The van der Waals surface area contributed by atoms with Crippen LogP contribution in [0.1, 0.15) is 11.1 Å². The molecular weight excluding hydrogens is 404 g/mol. The Bertz CT molecular complexity index is 1070. The number of urea groups is 1. The number of carbonyl (C=O) groups is 1. The maximum Gasteiger partial charge on any atom is 0.387 e. The van der Waals surface area contributed by atoms with E-state index in [4.69, 9.17) is 0 Å². The molecule has 0 atom stereocenters. The number of hydrogen-bond donors (Lipinski definition) is 2. The minimum absolute atomic E-state index is 0.113. The largest absolute Gasteiger partial charge is 0.435 e. The van der Waals surface area contributed by atoms with Crippen LogP contribution in [0.3, 0.4) is 0 Å². The van der Waals surface area contributed by atoms with Gasteiger partial charge in [-0.15, -0.1) is 0 Å². The van der Waals surface area contributed by atoms with E-state index in [0.717, 1.165) is 17.7 Å². The number of rotatable bonds is 5. The summed E-state index contributed by atoms with van der Waals surface area (Å²) in [6, 6.07) is 5.61. The van der Waals surface area contributed by atoms with Crippen LogP contribution in [0.4, 0.5) is 28.0 Å². The normalized spacial score (nSPS) is 12.9. The number of amides is 2. The molecule has 1 aromatic heterocycles. The Balaban J connectivity index is 1.48. The van der Waals surface area contributed by atoms with Crippen molar-refractivity contribution >= 4 is 11.7 Å². The second-order valence-electron chi connectivity index (χ2n) is 6.68. The van der Waals surface area contributed by atoms with Crippen LogP contribution in [0.15, 0.2) is 42.7 Å². The molecule has 0 saturated carbocycles. The monoisotopic (exact) mass is 420 g/mol. The van der Waals surface area contributed by atoms with E-state index in [0.29, 0.717) is 29.8 Å². The van der Waals surface area contributed by atoms with Gasteiger partial charge in [0.05, 0.1) is 11.9 Å². The van der Waals surface area contributed by atoms with Crippen molar-refractivity contribution in [3.8, 4) is 16.9 Å². The number of fused-ring (bicyclic) bond motifs is 1. The molecule has 0 bridgehead atoms. The molecule has 0 saturated heterocycles. The molecule has 4 rings (SSSR count). The molecule has 0 unspecified atom stereocenters. The van der Waals surface area contributed by atoms with Crippen molar-refractivity contribution in [1.29, 1.82) is 0 Å². The fourth-order valence-corrected chi connectivity index (χ4v) is 3.41. The molecule has 10 heteroatoms. The lowest BCUT2D eigenvalue weighted by Crippen LogP contribution is -2.38. The van der Waals surface area contributed by atoms with Crippen LogP contribution >= 0.6 is 0 Å². The summed E-state index contributed by atoms with van der Waals surface area (Å²) in [6.07, 6.45) is 3.63. The summed E-state index contributed by atoms with van der Waals surface area (Å²) in [4.78, 5) is 14.0. The second-order valence-corrected chi connectivity index (χ2v) is 6.68. The molecule has 0 radical (unpaired) electrons. The SMILES string of the molecule is O=C(NCc1cc(F)cc(OC(F)F)c1)N1CCc2cc(-c3cn[nH]c3)c(F)cc21. The second kappa shape index (κ2) is 8.05. The number of ether oxygens (including phenoxy) is 1. The molecule has 6 nitrogen and oxygen atoms in total. The number of aromatic nitrogens is 2. The smallest absolute Gasteiger partial charge is 0.387 e. The number of benzene rings is 2. The summed E-state index contributed by atoms with van der Waals surface area (Å²) in [5.41, 5.74) is 2.49. The first-order valence-electron chi connectivity index (χ1n) is 9.02. The first-order chi connectivity index (χ1) is 14.4. The maximum absolute atomic E-state index is 14.6. The fourth-order valence-electron chi connectivity index (χ4n) is 3.41. The molecule has 30 heavy (non-hydrogen) atoms. The third-order valence-corrected chi connectivity index (χ3v) is 4.72. The minimum atomic E-state index is -3.09. The van der Waals surface area contributed by atoms with Gasteiger partial charge in [-0.25, -0.2) is 13.6 Å². The Kier molecular flexibility index (Phi) is 5.30. The number of nitrogens with one attached hydrogen (secondary N) is 2. The minimum Gasteiger partial charge on any atom is -0.435 e. The van der Waals surface area contributed by atoms with E-state index in [1.807, 2.05) is 0 Å². The van der Waals surface area contributed by atoms with Gasteiger partial charge in [-0.3, -0.25) is 10.00 Å². The van der Waals surface area contributed by atoms with Crippen molar-refractivity contribution < 1.29 is 27.1 Å². The average molecular weight is 420 g/mol. The van der Waals surface area contributed by atoms with Gasteiger partial charge in [-0.05, 0) is 41.8 Å².